The van der Waals surface area contributed by atoms with Crippen LogP contribution in [0.4, 0.5) is 5.69 Å². The first kappa shape index (κ1) is 15.2. The molecule has 0 fully saturated rings. The minimum absolute atomic E-state index is 0.479. The average molecular weight is 287 g/mol. The second kappa shape index (κ2) is 6.99. The summed E-state index contributed by atoms with van der Waals surface area (Å²) < 4.78 is 10.5. The van der Waals surface area contributed by atoms with E-state index in [1.807, 2.05) is 60.5 Å². The molecule has 0 bridgehead atoms. The summed E-state index contributed by atoms with van der Waals surface area (Å²) in [7, 11) is 5.21. The number of hydrogen-bond acceptors (Lipinski definition) is 4. The van der Waals surface area contributed by atoms with E-state index in [2.05, 4.69) is 0 Å². The number of benzene rings is 2. The van der Waals surface area contributed by atoms with E-state index in [-0.39, 0.29) is 0 Å². The van der Waals surface area contributed by atoms with E-state index in [1.54, 1.807) is 14.2 Å². The van der Waals surface area contributed by atoms with Gasteiger partial charge in [0, 0.05) is 13.6 Å². The van der Waals surface area contributed by atoms with E-state index in [4.69, 9.17) is 9.47 Å². The van der Waals surface area contributed by atoms with Crippen molar-refractivity contribution in [1.29, 1.82) is 0 Å². The first-order chi connectivity index (χ1) is 10.2. The molecule has 0 aromatic heterocycles. The van der Waals surface area contributed by atoms with Gasteiger partial charge in [0.2, 0.25) is 0 Å². The van der Waals surface area contributed by atoms with Crippen molar-refractivity contribution >= 4 is 5.69 Å². The summed E-state index contributed by atoms with van der Waals surface area (Å²) in [5.74, 6) is 1.57. The molecule has 2 aromatic rings. The normalized spacial score (nSPS) is 11.8. The number of aliphatic hydroxyl groups is 1. The van der Waals surface area contributed by atoms with Crippen LogP contribution in [-0.4, -0.2) is 32.9 Å². The molecule has 0 amide bonds. The van der Waals surface area contributed by atoms with E-state index < -0.39 is 6.10 Å². The zero-order chi connectivity index (χ0) is 15.2. The summed E-state index contributed by atoms with van der Waals surface area (Å²) in [4.78, 5) is 1.98. The number of ether oxygens (including phenoxy) is 2. The molecule has 4 nitrogen and oxygen atoms in total. The third-order valence-electron chi connectivity index (χ3n) is 3.44. The van der Waals surface area contributed by atoms with Crippen molar-refractivity contribution in [3.63, 3.8) is 0 Å². The fourth-order valence-electron chi connectivity index (χ4n) is 2.23. The van der Waals surface area contributed by atoms with Gasteiger partial charge in [0.25, 0.3) is 0 Å². The highest BCUT2D eigenvalue weighted by Crippen LogP contribution is 2.28. The van der Waals surface area contributed by atoms with E-state index >= 15 is 0 Å². The average Bonchev–Trinajstić information content (AvgIpc) is 2.54. The Hall–Kier alpha value is -2.20. The second-order valence-corrected chi connectivity index (χ2v) is 4.84. The molecule has 0 radical (unpaired) electrons. The minimum Gasteiger partial charge on any atom is -0.497 e. The van der Waals surface area contributed by atoms with E-state index in [9.17, 15) is 5.11 Å². The van der Waals surface area contributed by atoms with Gasteiger partial charge in [-0.05, 0) is 29.8 Å². The van der Waals surface area contributed by atoms with Crippen molar-refractivity contribution in [3.8, 4) is 11.5 Å². The van der Waals surface area contributed by atoms with Crippen LogP contribution in [0.3, 0.4) is 0 Å². The van der Waals surface area contributed by atoms with Crippen molar-refractivity contribution in [1.82, 2.24) is 0 Å². The molecule has 1 atom stereocenters. The van der Waals surface area contributed by atoms with Crippen LogP contribution in [0, 0.1) is 0 Å². The molecule has 1 N–H and O–H groups in total. The van der Waals surface area contributed by atoms with Gasteiger partial charge in [0.05, 0.1) is 26.0 Å². The molecular weight excluding hydrogens is 266 g/mol. The molecule has 0 heterocycles. The third-order valence-corrected chi connectivity index (χ3v) is 3.44. The van der Waals surface area contributed by atoms with Gasteiger partial charge in [0.15, 0.2) is 0 Å². The molecule has 0 spiro atoms. The molecule has 4 heteroatoms. The first-order valence-corrected chi connectivity index (χ1v) is 6.82. The Balaban J connectivity index is 2.08. The summed E-state index contributed by atoms with van der Waals surface area (Å²) in [6.45, 7) is 0.479. The van der Waals surface area contributed by atoms with Gasteiger partial charge in [0.1, 0.15) is 11.5 Å². The molecule has 21 heavy (non-hydrogen) atoms. The summed E-state index contributed by atoms with van der Waals surface area (Å²) in [5.41, 5.74) is 1.81. The Labute approximate surface area is 125 Å². The van der Waals surface area contributed by atoms with Crippen molar-refractivity contribution in [2.24, 2.45) is 0 Å². The lowest BCUT2D eigenvalue weighted by molar-refractivity contribution is 0.184. The first-order valence-electron chi connectivity index (χ1n) is 6.82. The maximum atomic E-state index is 10.4. The predicted molar refractivity (Wildman–Crippen MR) is 84.2 cm³/mol. The van der Waals surface area contributed by atoms with Gasteiger partial charge in [-0.25, -0.2) is 0 Å². The number of aliphatic hydroxyl groups excluding tert-OH is 1. The fraction of sp³-hybridized carbons (Fsp3) is 0.294. The van der Waals surface area contributed by atoms with Gasteiger partial charge in [-0.3, -0.25) is 0 Å². The topological polar surface area (TPSA) is 41.9 Å². The Morgan fingerprint density at radius 1 is 1.00 bits per heavy atom. The van der Waals surface area contributed by atoms with Crippen LogP contribution in [-0.2, 0) is 0 Å². The Bertz CT molecular complexity index is 569. The van der Waals surface area contributed by atoms with E-state index in [0.717, 1.165) is 22.7 Å². The summed E-state index contributed by atoms with van der Waals surface area (Å²) >= 11 is 0. The standard InChI is InChI=1S/C17H21NO3/c1-18(15-6-4-5-7-17(15)21-3)12-16(19)13-8-10-14(20-2)11-9-13/h4-11,16,19H,12H2,1-3H3. The molecule has 0 saturated carbocycles. The quantitative estimate of drug-likeness (QED) is 0.887. The van der Waals surface area contributed by atoms with Gasteiger partial charge in [-0.2, -0.15) is 0 Å². The SMILES string of the molecule is COc1ccc(C(O)CN(C)c2ccccc2OC)cc1. The van der Waals surface area contributed by atoms with Crippen LogP contribution >= 0.6 is 0 Å². The van der Waals surface area contributed by atoms with Gasteiger partial charge < -0.3 is 19.5 Å². The van der Waals surface area contributed by atoms with Crippen LogP contribution in [0.2, 0.25) is 0 Å². The lowest BCUT2D eigenvalue weighted by atomic mass is 10.1. The zero-order valence-electron chi connectivity index (χ0n) is 12.6. The zero-order valence-corrected chi connectivity index (χ0v) is 12.6. The highest BCUT2D eigenvalue weighted by Gasteiger charge is 2.14. The maximum absolute atomic E-state index is 10.4. The van der Waals surface area contributed by atoms with Crippen molar-refractivity contribution < 1.29 is 14.6 Å². The number of likely N-dealkylation sites (N-methyl/N-ethyl adjacent to an activating group) is 1. The van der Waals surface area contributed by atoms with Crippen LogP contribution in [0.25, 0.3) is 0 Å². The van der Waals surface area contributed by atoms with Crippen molar-refractivity contribution in [2.75, 3.05) is 32.7 Å². The number of para-hydroxylation sites is 2. The number of anilines is 1. The van der Waals surface area contributed by atoms with E-state index in [0.29, 0.717) is 6.54 Å². The number of rotatable bonds is 6. The highest BCUT2D eigenvalue weighted by atomic mass is 16.5. The van der Waals surface area contributed by atoms with Gasteiger partial charge >= 0.3 is 0 Å². The lowest BCUT2D eigenvalue weighted by Crippen LogP contribution is -2.24. The molecule has 0 aliphatic carbocycles. The smallest absolute Gasteiger partial charge is 0.142 e. The van der Waals surface area contributed by atoms with Crippen LogP contribution < -0.4 is 14.4 Å². The van der Waals surface area contributed by atoms with Crippen LogP contribution in [0.1, 0.15) is 11.7 Å². The van der Waals surface area contributed by atoms with Crippen molar-refractivity contribution in [3.05, 3.63) is 54.1 Å². The largest absolute Gasteiger partial charge is 0.497 e. The Kier molecular flexibility index (Phi) is 5.06. The molecular formula is C17H21NO3. The number of methoxy groups -OCH3 is 2. The lowest BCUT2D eigenvalue weighted by Gasteiger charge is -2.24. The molecule has 2 rings (SSSR count). The molecule has 112 valence electrons. The molecule has 0 aliphatic heterocycles. The summed E-state index contributed by atoms with van der Waals surface area (Å²) in [6, 6.07) is 15.2. The van der Waals surface area contributed by atoms with Gasteiger partial charge in [-0.1, -0.05) is 24.3 Å². The van der Waals surface area contributed by atoms with E-state index in [1.165, 1.54) is 0 Å². The monoisotopic (exact) mass is 287 g/mol. The number of hydrogen-bond donors (Lipinski definition) is 1. The molecule has 2 aromatic carbocycles. The van der Waals surface area contributed by atoms with Crippen molar-refractivity contribution in [2.45, 2.75) is 6.10 Å². The van der Waals surface area contributed by atoms with Crippen LogP contribution in [0.5, 0.6) is 11.5 Å². The Morgan fingerprint density at radius 2 is 1.67 bits per heavy atom. The predicted octanol–water partition coefficient (Wildman–Crippen LogP) is 2.87. The highest BCUT2D eigenvalue weighted by molar-refractivity contribution is 5.58. The Morgan fingerprint density at radius 3 is 2.29 bits per heavy atom. The summed E-state index contributed by atoms with van der Waals surface area (Å²) in [6.07, 6.45) is -0.578. The molecule has 1 unspecified atom stereocenters. The minimum atomic E-state index is -0.578. The molecule has 0 saturated heterocycles. The fourth-order valence-corrected chi connectivity index (χ4v) is 2.23. The van der Waals surface area contributed by atoms with Gasteiger partial charge in [-0.15, -0.1) is 0 Å². The van der Waals surface area contributed by atoms with Crippen LogP contribution in [0.15, 0.2) is 48.5 Å². The number of nitrogens with zero attached hydrogens (tertiary/aromatic N) is 1. The summed E-state index contributed by atoms with van der Waals surface area (Å²) in [5, 5.41) is 10.4. The molecule has 0 aliphatic rings. The second-order valence-electron chi connectivity index (χ2n) is 4.84. The maximum Gasteiger partial charge on any atom is 0.142 e. The third kappa shape index (κ3) is 3.67.